The van der Waals surface area contributed by atoms with Crippen molar-refractivity contribution in [1.29, 1.82) is 0 Å². The maximum absolute atomic E-state index is 12.7. The number of unbranched alkanes of at least 4 members (excludes halogenated alkanes) is 1. The minimum absolute atomic E-state index is 0.0197. The van der Waals surface area contributed by atoms with Crippen molar-refractivity contribution >= 4 is 59.6 Å². The van der Waals surface area contributed by atoms with Gasteiger partial charge in [-0.2, -0.15) is 31.2 Å². The van der Waals surface area contributed by atoms with Crippen LogP contribution in [0.25, 0.3) is 0 Å². The van der Waals surface area contributed by atoms with Gasteiger partial charge in [-0.15, -0.1) is 0 Å². The third-order valence-corrected chi connectivity index (χ3v) is 21.4. The average molecular weight is 1340 g/mol. The number of nitrogens with zero attached hydrogens (tertiary/aromatic N) is 6. The summed E-state index contributed by atoms with van der Waals surface area (Å²) in [6, 6.07) is 30.0. The van der Waals surface area contributed by atoms with Crippen molar-refractivity contribution in [3.05, 3.63) is 193 Å². The number of rotatable bonds is 16. The molecule has 31 heteroatoms. The third-order valence-electron chi connectivity index (χ3n) is 15.7. The van der Waals surface area contributed by atoms with Gasteiger partial charge in [0.15, 0.2) is 5.69 Å². The monoisotopic (exact) mass is 1340 g/mol. The number of aryl methyl sites for hydroxylation is 1. The molecule has 5 aromatic carbocycles. The molecule has 6 aromatic rings. The summed E-state index contributed by atoms with van der Waals surface area (Å²) in [6.07, 6.45) is -0.249. The highest BCUT2D eigenvalue weighted by Gasteiger charge is 2.35. The molecule has 92 heavy (non-hydrogen) atoms. The fourth-order valence-corrected chi connectivity index (χ4v) is 15.2. The first kappa shape index (κ1) is 71.5. The molecule has 496 valence electrons. The molecular formula is C61H73F3N10O15S3. The lowest BCUT2D eigenvalue weighted by atomic mass is 9.97. The minimum Gasteiger partial charge on any atom is -0.336 e. The van der Waals surface area contributed by atoms with Crippen LogP contribution in [0.1, 0.15) is 136 Å². The van der Waals surface area contributed by atoms with Gasteiger partial charge in [0.05, 0.1) is 17.3 Å². The van der Waals surface area contributed by atoms with Crippen LogP contribution in [-0.2, 0) is 105 Å². The predicted octanol–water partition coefficient (Wildman–Crippen LogP) is 5.81. The second-order valence-corrected chi connectivity index (χ2v) is 28.2. The number of fused-ring (bicyclic) bond motifs is 4. The number of aromatic nitrogens is 2. The Morgan fingerprint density at radius 2 is 0.870 bits per heavy atom. The molecule has 0 atom stereocenters. The molecule has 8 N–H and O–H groups in total. The molecule has 0 bridgehead atoms. The number of hydrogen-bond donors (Lipinski definition) is 8. The normalized spacial score (nSPS) is 15.0. The maximum Gasteiger partial charge on any atom is 0.435 e. The number of carbonyl (C=O) groups excluding carboxylic acids is 5. The Hall–Kier alpha value is -7.98. The molecule has 5 heterocycles. The fourth-order valence-electron chi connectivity index (χ4n) is 10.6. The van der Waals surface area contributed by atoms with E-state index < -0.39 is 65.6 Å². The molecule has 4 aliphatic heterocycles. The highest BCUT2D eigenvalue weighted by molar-refractivity contribution is 7.89. The third kappa shape index (κ3) is 18.6. The van der Waals surface area contributed by atoms with Gasteiger partial charge in [0, 0.05) is 80.3 Å². The van der Waals surface area contributed by atoms with Crippen molar-refractivity contribution in [2.75, 3.05) is 37.7 Å². The fraction of sp³-hybridized carbons (Fsp3) is 0.377. The van der Waals surface area contributed by atoms with Crippen molar-refractivity contribution in [3.8, 4) is 0 Å². The van der Waals surface area contributed by atoms with Crippen LogP contribution in [0.15, 0.2) is 109 Å². The van der Waals surface area contributed by atoms with E-state index in [1.807, 2.05) is 32.0 Å². The van der Waals surface area contributed by atoms with Crippen molar-refractivity contribution in [1.82, 2.24) is 49.5 Å². The standard InChI is InChI=1S/C17H17F3N4O3.C17H18N2O4S.C14H20N2O4S.C13H18N2O4S/c1-10-6-14(17(18,19)20)21-24(10)9-15(25)23-5-4-11-7-12(16(26)22-27)2-3-13(11)8-23;20-17(18-21)15-6-7-16-11-19(9-8-14(16)10-15)24(22,23)12-13-4-2-1-3-5-13;1-2-3-8-21(19,20)16-7-6-11-9-12(14(17)15-18)4-5-13(11)10-16;1-2-7-20(18,19)15-6-5-10-8-11(13(16)14-17)3-4-12(10)9-15/h2-3,6-7,27H,4-5,8-9H2,1H3,(H,22,26);1-7,10,21H,8-9,11-12H2,(H,18,20);4-5,9,18H,2-3,6-8,10H2,1H3,(H,15,17);3-4,8,17H,2,5-7,9H2,1H3,(H,14,16). The van der Waals surface area contributed by atoms with Crippen LogP contribution in [0.3, 0.4) is 0 Å². The average Bonchev–Trinajstić information content (AvgIpc) is 1.17. The summed E-state index contributed by atoms with van der Waals surface area (Å²) in [4.78, 5) is 59.7. The molecule has 1 aromatic heterocycles. The molecule has 0 saturated carbocycles. The SMILES string of the molecule is CCCCS(=O)(=O)N1CCc2cc(C(=O)NO)ccc2C1.CCCS(=O)(=O)N1CCc2cc(C(=O)NO)ccc2C1.Cc1cc(C(F)(F)F)nn1CC(=O)N1CCc2cc(C(=O)NO)ccc2C1.O=C(NO)c1ccc2c(c1)CCN(S(=O)(=O)Cc1ccccc1)C2. The van der Waals surface area contributed by atoms with E-state index in [4.69, 9.17) is 20.8 Å². The van der Waals surface area contributed by atoms with Crippen molar-refractivity contribution in [3.63, 3.8) is 0 Å². The molecule has 0 fully saturated rings. The number of benzene rings is 5. The van der Waals surface area contributed by atoms with E-state index in [2.05, 4.69) is 5.10 Å². The second kappa shape index (κ2) is 31.6. The first-order valence-corrected chi connectivity index (χ1v) is 34.1. The van der Waals surface area contributed by atoms with Gasteiger partial charge in [-0.3, -0.25) is 49.5 Å². The van der Waals surface area contributed by atoms with Gasteiger partial charge in [0.25, 0.3) is 23.6 Å². The Labute approximate surface area is 530 Å². The summed E-state index contributed by atoms with van der Waals surface area (Å²) >= 11 is 0. The van der Waals surface area contributed by atoms with Gasteiger partial charge >= 0.3 is 6.18 Å². The summed E-state index contributed by atoms with van der Waals surface area (Å²) in [5, 5.41) is 38.1. The molecule has 5 amide bonds. The lowest BCUT2D eigenvalue weighted by Crippen LogP contribution is -2.38. The van der Waals surface area contributed by atoms with E-state index in [1.165, 1.54) is 25.9 Å². The number of hydroxylamine groups is 4. The first-order valence-electron chi connectivity index (χ1n) is 29.3. The zero-order chi connectivity index (χ0) is 67.1. The van der Waals surface area contributed by atoms with Crippen molar-refractivity contribution in [2.24, 2.45) is 0 Å². The molecule has 0 aliphatic carbocycles. The summed E-state index contributed by atoms with van der Waals surface area (Å²) in [7, 11) is -9.79. The Morgan fingerprint density at radius 3 is 1.24 bits per heavy atom. The van der Waals surface area contributed by atoms with Gasteiger partial charge in [-0.25, -0.2) is 47.2 Å². The largest absolute Gasteiger partial charge is 0.435 e. The van der Waals surface area contributed by atoms with E-state index >= 15 is 0 Å². The van der Waals surface area contributed by atoms with Gasteiger partial charge in [-0.1, -0.05) is 74.9 Å². The lowest BCUT2D eigenvalue weighted by Gasteiger charge is -2.29. The van der Waals surface area contributed by atoms with Gasteiger partial charge < -0.3 is 4.90 Å². The number of hydrogen-bond acceptors (Lipinski definition) is 16. The minimum atomic E-state index is -4.55. The number of nitrogens with one attached hydrogen (secondary N) is 4. The second-order valence-electron chi connectivity index (χ2n) is 22.1. The molecule has 0 radical (unpaired) electrons. The van der Waals surface area contributed by atoms with Gasteiger partial charge in [0.1, 0.15) is 6.54 Å². The summed E-state index contributed by atoms with van der Waals surface area (Å²) in [5.41, 5.74) is 15.0. The number of carbonyl (C=O) groups is 5. The maximum atomic E-state index is 12.7. The number of amides is 5. The molecule has 0 unspecified atom stereocenters. The van der Waals surface area contributed by atoms with Crippen LogP contribution in [-0.4, -0.2) is 141 Å². The summed E-state index contributed by atoms with van der Waals surface area (Å²) in [6.45, 7) is 7.91. The van der Waals surface area contributed by atoms with E-state index in [0.29, 0.717) is 113 Å². The van der Waals surface area contributed by atoms with E-state index in [0.717, 1.165) is 67.2 Å². The van der Waals surface area contributed by atoms with Crippen LogP contribution in [0.5, 0.6) is 0 Å². The molecule has 25 nitrogen and oxygen atoms in total. The van der Waals surface area contributed by atoms with E-state index in [9.17, 15) is 62.4 Å². The van der Waals surface area contributed by atoms with Crippen LogP contribution in [0.2, 0.25) is 0 Å². The van der Waals surface area contributed by atoms with E-state index in [-0.39, 0.29) is 35.4 Å². The summed E-state index contributed by atoms with van der Waals surface area (Å²) < 4.78 is 117. The van der Waals surface area contributed by atoms with Gasteiger partial charge in [0.2, 0.25) is 36.0 Å². The Kier molecular flexibility index (Phi) is 24.5. The zero-order valence-electron chi connectivity index (χ0n) is 50.6. The Morgan fingerprint density at radius 1 is 0.489 bits per heavy atom. The van der Waals surface area contributed by atoms with Crippen molar-refractivity contribution in [2.45, 2.75) is 110 Å². The number of sulfonamides is 3. The Bertz CT molecular complexity index is 4010. The molecule has 10 rings (SSSR count). The number of alkyl halides is 3. The van der Waals surface area contributed by atoms with Crippen LogP contribution in [0.4, 0.5) is 13.2 Å². The Balaban J connectivity index is 0.000000175. The number of halogens is 3. The van der Waals surface area contributed by atoms with Crippen LogP contribution in [0, 0.1) is 6.92 Å². The highest BCUT2D eigenvalue weighted by atomic mass is 32.2. The highest BCUT2D eigenvalue weighted by Crippen LogP contribution is 2.30. The van der Waals surface area contributed by atoms with Gasteiger partial charge in [-0.05, 0) is 150 Å². The first-order chi connectivity index (χ1) is 43.6. The summed E-state index contributed by atoms with van der Waals surface area (Å²) in [5.74, 6) is -2.32. The molecular weight excluding hydrogens is 1270 g/mol. The lowest BCUT2D eigenvalue weighted by molar-refractivity contribution is -0.142. The predicted molar refractivity (Wildman–Crippen MR) is 328 cm³/mol. The quantitative estimate of drug-likeness (QED) is 0.0419. The van der Waals surface area contributed by atoms with Crippen molar-refractivity contribution < 1.29 is 83.2 Å². The topological polar surface area (TPSA) is 348 Å². The van der Waals surface area contributed by atoms with E-state index in [1.54, 1.807) is 106 Å². The molecule has 4 aliphatic rings. The molecule has 0 saturated heterocycles. The molecule has 0 spiro atoms. The zero-order valence-corrected chi connectivity index (χ0v) is 53.1. The van der Waals surface area contributed by atoms with Crippen LogP contribution >= 0.6 is 0 Å². The van der Waals surface area contributed by atoms with Crippen LogP contribution < -0.4 is 21.9 Å². The smallest absolute Gasteiger partial charge is 0.336 e.